The lowest BCUT2D eigenvalue weighted by molar-refractivity contribution is 0.0694. The maximum atomic E-state index is 13.1. The summed E-state index contributed by atoms with van der Waals surface area (Å²) in [6.45, 7) is 4.97. The van der Waals surface area contributed by atoms with Gasteiger partial charge >= 0.3 is 0 Å². The lowest BCUT2D eigenvalue weighted by Gasteiger charge is -2.34. The van der Waals surface area contributed by atoms with Crippen molar-refractivity contribution in [1.82, 2.24) is 14.2 Å². The van der Waals surface area contributed by atoms with Crippen LogP contribution in [0.1, 0.15) is 21.6 Å². The maximum absolute atomic E-state index is 13.1. The molecule has 0 radical (unpaired) electrons. The Morgan fingerprint density at radius 2 is 1.69 bits per heavy atom. The van der Waals surface area contributed by atoms with Gasteiger partial charge in [0.25, 0.3) is 5.91 Å². The first-order valence-corrected chi connectivity index (χ1v) is 11.0. The van der Waals surface area contributed by atoms with Crippen LogP contribution in [-0.4, -0.2) is 54.7 Å². The number of aryl methyl sites for hydroxylation is 2. The van der Waals surface area contributed by atoms with E-state index in [0.29, 0.717) is 23.7 Å². The van der Waals surface area contributed by atoms with Crippen molar-refractivity contribution in [3.8, 4) is 0 Å². The van der Waals surface area contributed by atoms with Gasteiger partial charge in [0.2, 0.25) is 10.0 Å². The molecule has 1 aliphatic heterocycles. The zero-order chi connectivity index (χ0) is 20.6. The molecule has 0 unspecified atom stereocenters. The molecule has 0 saturated carbocycles. The third-order valence-corrected chi connectivity index (χ3v) is 7.41. The summed E-state index contributed by atoms with van der Waals surface area (Å²) in [7, 11) is -3.58. The molecule has 6 nitrogen and oxygen atoms in total. The molecule has 1 aliphatic rings. The number of hydrogen-bond acceptors (Lipinski definition) is 4. The molecule has 2 aromatic carbocycles. The minimum Gasteiger partial charge on any atom is -0.335 e. The number of benzene rings is 2. The van der Waals surface area contributed by atoms with E-state index in [4.69, 9.17) is 0 Å². The van der Waals surface area contributed by atoms with Crippen molar-refractivity contribution in [2.24, 2.45) is 0 Å². The third-order valence-electron chi connectivity index (χ3n) is 5.35. The van der Waals surface area contributed by atoms with Crippen LogP contribution in [0, 0.1) is 13.8 Å². The van der Waals surface area contributed by atoms with Crippen LogP contribution in [0.25, 0.3) is 10.8 Å². The number of carbonyl (C=O) groups excluding carboxylic acids is 1. The molecule has 0 aliphatic carbocycles. The highest BCUT2D eigenvalue weighted by Gasteiger charge is 2.32. The van der Waals surface area contributed by atoms with Crippen molar-refractivity contribution in [3.05, 3.63) is 71.5 Å². The van der Waals surface area contributed by atoms with E-state index in [2.05, 4.69) is 4.98 Å². The molecule has 0 atom stereocenters. The molecule has 7 heteroatoms. The van der Waals surface area contributed by atoms with Crippen LogP contribution in [0.2, 0.25) is 0 Å². The molecule has 0 bridgehead atoms. The van der Waals surface area contributed by atoms with Gasteiger partial charge in [0.15, 0.2) is 0 Å². The van der Waals surface area contributed by atoms with Crippen LogP contribution in [0.3, 0.4) is 0 Å². The first-order chi connectivity index (χ1) is 13.9. The Balaban J connectivity index is 1.52. The van der Waals surface area contributed by atoms with Crippen molar-refractivity contribution in [3.63, 3.8) is 0 Å². The predicted molar refractivity (Wildman–Crippen MR) is 112 cm³/mol. The number of carbonyl (C=O) groups is 1. The summed E-state index contributed by atoms with van der Waals surface area (Å²) in [5.74, 6) is -0.162. The summed E-state index contributed by atoms with van der Waals surface area (Å²) >= 11 is 0. The molecule has 1 amide bonds. The van der Waals surface area contributed by atoms with Crippen molar-refractivity contribution in [2.75, 3.05) is 26.2 Å². The van der Waals surface area contributed by atoms with Gasteiger partial charge in [0.05, 0.1) is 4.90 Å². The molecule has 29 heavy (non-hydrogen) atoms. The normalized spacial score (nSPS) is 15.6. The Kier molecular flexibility index (Phi) is 5.10. The Bertz CT molecular complexity index is 1180. The van der Waals surface area contributed by atoms with E-state index >= 15 is 0 Å². The molecular weight excluding hydrogens is 386 g/mol. The molecule has 0 spiro atoms. The summed E-state index contributed by atoms with van der Waals surface area (Å²) in [4.78, 5) is 19.3. The number of sulfonamides is 1. The van der Waals surface area contributed by atoms with Gasteiger partial charge in [0, 0.05) is 37.8 Å². The van der Waals surface area contributed by atoms with Crippen LogP contribution in [0.5, 0.6) is 0 Å². The Labute approximate surface area is 170 Å². The van der Waals surface area contributed by atoms with Gasteiger partial charge in [-0.1, -0.05) is 42.0 Å². The van der Waals surface area contributed by atoms with Crippen LogP contribution >= 0.6 is 0 Å². The van der Waals surface area contributed by atoms with E-state index in [1.54, 1.807) is 17.2 Å². The van der Waals surface area contributed by atoms with Gasteiger partial charge in [-0.25, -0.2) is 8.42 Å². The van der Waals surface area contributed by atoms with Gasteiger partial charge in [-0.15, -0.1) is 0 Å². The van der Waals surface area contributed by atoms with E-state index in [-0.39, 0.29) is 19.0 Å². The molecule has 1 aromatic heterocycles. The highest BCUT2D eigenvalue weighted by molar-refractivity contribution is 7.89. The zero-order valence-electron chi connectivity index (χ0n) is 16.5. The minimum absolute atomic E-state index is 0.162. The van der Waals surface area contributed by atoms with Gasteiger partial charge in [-0.2, -0.15) is 4.31 Å². The number of aromatic nitrogens is 1. The SMILES string of the molecule is Cc1ccc(S(=O)(=O)N2CCN(C(=O)c3nccc4ccccc34)CC2)c(C)c1. The fraction of sp³-hybridized carbons (Fsp3) is 0.273. The Hall–Kier alpha value is -2.77. The number of rotatable bonds is 3. The van der Waals surface area contributed by atoms with Crippen LogP contribution in [0.4, 0.5) is 0 Å². The van der Waals surface area contributed by atoms with E-state index in [0.717, 1.165) is 21.9 Å². The largest absolute Gasteiger partial charge is 0.335 e. The second kappa shape index (κ2) is 7.57. The highest BCUT2D eigenvalue weighted by atomic mass is 32.2. The number of hydrogen-bond donors (Lipinski definition) is 0. The quantitative estimate of drug-likeness (QED) is 0.667. The molecule has 1 fully saturated rings. The van der Waals surface area contributed by atoms with Crippen molar-refractivity contribution >= 4 is 26.7 Å². The second-order valence-corrected chi connectivity index (χ2v) is 9.25. The first-order valence-electron chi connectivity index (χ1n) is 9.58. The Morgan fingerprint density at radius 3 is 2.41 bits per heavy atom. The lowest BCUT2D eigenvalue weighted by Crippen LogP contribution is -2.50. The van der Waals surface area contributed by atoms with E-state index in [1.165, 1.54) is 4.31 Å². The van der Waals surface area contributed by atoms with Crippen molar-refractivity contribution in [1.29, 1.82) is 0 Å². The van der Waals surface area contributed by atoms with Gasteiger partial charge in [-0.3, -0.25) is 9.78 Å². The van der Waals surface area contributed by atoms with Gasteiger partial charge in [0.1, 0.15) is 5.69 Å². The van der Waals surface area contributed by atoms with E-state index in [9.17, 15) is 13.2 Å². The lowest BCUT2D eigenvalue weighted by atomic mass is 10.1. The molecule has 1 saturated heterocycles. The van der Waals surface area contributed by atoms with Gasteiger partial charge in [-0.05, 0) is 36.9 Å². The monoisotopic (exact) mass is 409 g/mol. The average molecular weight is 410 g/mol. The molecule has 2 heterocycles. The highest BCUT2D eigenvalue weighted by Crippen LogP contribution is 2.23. The molecule has 3 aromatic rings. The van der Waals surface area contributed by atoms with E-state index < -0.39 is 10.0 Å². The smallest absolute Gasteiger partial charge is 0.273 e. The topological polar surface area (TPSA) is 70.6 Å². The number of amides is 1. The molecule has 0 N–H and O–H groups in total. The maximum Gasteiger partial charge on any atom is 0.273 e. The number of nitrogens with zero attached hydrogens (tertiary/aromatic N) is 3. The average Bonchev–Trinajstić information content (AvgIpc) is 2.72. The van der Waals surface area contributed by atoms with Gasteiger partial charge < -0.3 is 4.90 Å². The third kappa shape index (κ3) is 3.63. The second-order valence-electron chi connectivity index (χ2n) is 7.35. The minimum atomic E-state index is -3.58. The Morgan fingerprint density at radius 1 is 0.966 bits per heavy atom. The standard InChI is InChI=1S/C22H23N3O3S/c1-16-7-8-20(17(2)15-16)29(27,28)25-13-11-24(12-14-25)22(26)21-19-6-4-3-5-18(19)9-10-23-21/h3-10,15H,11-14H2,1-2H3. The summed E-state index contributed by atoms with van der Waals surface area (Å²) in [6, 6.07) is 14.9. The number of pyridine rings is 1. The predicted octanol–water partition coefficient (Wildman–Crippen LogP) is 3.00. The summed E-state index contributed by atoms with van der Waals surface area (Å²) < 4.78 is 27.6. The molecule has 150 valence electrons. The van der Waals surface area contributed by atoms with Crippen LogP contribution in [-0.2, 0) is 10.0 Å². The fourth-order valence-electron chi connectivity index (χ4n) is 3.80. The van der Waals surface area contributed by atoms with E-state index in [1.807, 2.05) is 56.3 Å². The summed E-state index contributed by atoms with van der Waals surface area (Å²) in [6.07, 6.45) is 1.64. The first kappa shape index (κ1) is 19.5. The zero-order valence-corrected chi connectivity index (χ0v) is 17.3. The summed E-state index contributed by atoms with van der Waals surface area (Å²) in [5.41, 5.74) is 2.18. The number of piperazine rings is 1. The van der Waals surface area contributed by atoms with Crippen molar-refractivity contribution < 1.29 is 13.2 Å². The van der Waals surface area contributed by atoms with Crippen molar-refractivity contribution in [2.45, 2.75) is 18.7 Å². The number of fused-ring (bicyclic) bond motifs is 1. The summed E-state index contributed by atoms with van der Waals surface area (Å²) in [5, 5.41) is 1.77. The molecule has 4 rings (SSSR count). The van der Waals surface area contributed by atoms with Crippen LogP contribution < -0.4 is 0 Å². The molecular formula is C22H23N3O3S. The van der Waals surface area contributed by atoms with Crippen LogP contribution in [0.15, 0.2) is 59.6 Å². The fourth-order valence-corrected chi connectivity index (χ4v) is 5.43.